The quantitative estimate of drug-likeness (QED) is 0.515. The molecule has 0 aliphatic heterocycles. The molecule has 3 heteroatoms. The Hall–Kier alpha value is -1.09. The molecule has 0 fully saturated rings. The second-order valence-corrected chi connectivity index (χ2v) is 2.13. The highest BCUT2D eigenvalue weighted by Gasteiger charge is 2.10. The molecule has 0 aromatic rings. The van der Waals surface area contributed by atoms with Crippen LogP contribution < -0.4 is 0 Å². The summed E-state index contributed by atoms with van der Waals surface area (Å²) in [5, 5.41) is 17.8. The van der Waals surface area contributed by atoms with Gasteiger partial charge in [-0.05, 0) is 12.5 Å². The summed E-state index contributed by atoms with van der Waals surface area (Å²) in [6.07, 6.45) is 3.08. The monoisotopic (exact) mass is 140 g/mol. The summed E-state index contributed by atoms with van der Waals surface area (Å²) in [7, 11) is 0. The minimum atomic E-state index is -0.649. The van der Waals surface area contributed by atoms with Crippen LogP contribution in [0.3, 0.4) is 0 Å². The first kappa shape index (κ1) is 7.02. The number of allylic oxidation sites excluding steroid dienone is 1. The number of aliphatic hydroxyl groups is 2. The maximum absolute atomic E-state index is 10.1. The van der Waals surface area contributed by atoms with Gasteiger partial charge in [0.25, 0.3) is 0 Å². The van der Waals surface area contributed by atoms with E-state index in [9.17, 15) is 4.79 Å². The summed E-state index contributed by atoms with van der Waals surface area (Å²) in [6, 6.07) is 0. The summed E-state index contributed by atoms with van der Waals surface area (Å²) < 4.78 is 0. The standard InChI is InChI=1S/C7H8O3/c8-4-5-1-2-6(9)3-7(5)10/h1,3-4,6,9-10H,2H2. The molecule has 0 bridgehead atoms. The smallest absolute Gasteiger partial charge is 0.153 e. The van der Waals surface area contributed by atoms with E-state index >= 15 is 0 Å². The van der Waals surface area contributed by atoms with Gasteiger partial charge in [-0.25, -0.2) is 0 Å². The second kappa shape index (κ2) is 2.66. The Bertz CT molecular complexity index is 203. The molecule has 2 N–H and O–H groups in total. The number of aliphatic hydroxyl groups excluding tert-OH is 2. The highest BCUT2D eigenvalue weighted by atomic mass is 16.3. The van der Waals surface area contributed by atoms with Crippen LogP contribution in [-0.4, -0.2) is 22.6 Å². The van der Waals surface area contributed by atoms with Gasteiger partial charge in [-0.1, -0.05) is 6.08 Å². The van der Waals surface area contributed by atoms with Gasteiger partial charge in [0, 0.05) is 0 Å². The summed E-state index contributed by atoms with van der Waals surface area (Å²) in [5.74, 6) is -0.131. The zero-order valence-corrected chi connectivity index (χ0v) is 5.32. The molecule has 10 heavy (non-hydrogen) atoms. The van der Waals surface area contributed by atoms with Crippen molar-refractivity contribution < 1.29 is 15.0 Å². The van der Waals surface area contributed by atoms with Crippen molar-refractivity contribution in [1.82, 2.24) is 0 Å². The second-order valence-electron chi connectivity index (χ2n) is 2.13. The predicted molar refractivity (Wildman–Crippen MR) is 35.5 cm³/mol. The molecule has 0 aromatic carbocycles. The first-order valence-corrected chi connectivity index (χ1v) is 2.98. The van der Waals surface area contributed by atoms with E-state index < -0.39 is 6.10 Å². The molecule has 1 rings (SSSR count). The maximum atomic E-state index is 10.1. The van der Waals surface area contributed by atoms with E-state index in [1.165, 1.54) is 12.2 Å². The highest BCUT2D eigenvalue weighted by Crippen LogP contribution is 2.14. The van der Waals surface area contributed by atoms with Crippen molar-refractivity contribution in [3.63, 3.8) is 0 Å². The summed E-state index contributed by atoms with van der Waals surface area (Å²) >= 11 is 0. The van der Waals surface area contributed by atoms with Crippen molar-refractivity contribution in [2.24, 2.45) is 0 Å². The van der Waals surface area contributed by atoms with Crippen LogP contribution in [-0.2, 0) is 4.79 Å². The molecule has 3 nitrogen and oxygen atoms in total. The van der Waals surface area contributed by atoms with Gasteiger partial charge in [0.15, 0.2) is 6.29 Å². The Kier molecular flexibility index (Phi) is 1.87. The molecule has 0 heterocycles. The van der Waals surface area contributed by atoms with E-state index in [-0.39, 0.29) is 11.3 Å². The molecule has 54 valence electrons. The molecule has 1 atom stereocenters. The third-order valence-corrected chi connectivity index (χ3v) is 1.35. The summed E-state index contributed by atoms with van der Waals surface area (Å²) in [6.45, 7) is 0. The lowest BCUT2D eigenvalue weighted by molar-refractivity contribution is -0.104. The summed E-state index contributed by atoms with van der Waals surface area (Å²) in [5.41, 5.74) is 0.255. The first-order valence-electron chi connectivity index (χ1n) is 2.98. The van der Waals surface area contributed by atoms with Crippen LogP contribution in [0.25, 0.3) is 0 Å². The highest BCUT2D eigenvalue weighted by molar-refractivity contribution is 5.79. The van der Waals surface area contributed by atoms with Crippen molar-refractivity contribution in [2.45, 2.75) is 12.5 Å². The molecular formula is C7H8O3. The topological polar surface area (TPSA) is 57.5 Å². The Balaban J connectivity index is 2.81. The van der Waals surface area contributed by atoms with Gasteiger partial charge < -0.3 is 10.2 Å². The van der Waals surface area contributed by atoms with Crippen LogP contribution in [0.5, 0.6) is 0 Å². The first-order chi connectivity index (χ1) is 4.74. The average molecular weight is 140 g/mol. The minimum Gasteiger partial charge on any atom is -0.507 e. The van der Waals surface area contributed by atoms with Crippen LogP contribution in [0.1, 0.15) is 6.42 Å². The van der Waals surface area contributed by atoms with Gasteiger partial charge >= 0.3 is 0 Å². The van der Waals surface area contributed by atoms with Gasteiger partial charge in [-0.2, -0.15) is 0 Å². The fourth-order valence-electron chi connectivity index (χ4n) is 0.807. The van der Waals surface area contributed by atoms with Crippen LogP contribution >= 0.6 is 0 Å². The van der Waals surface area contributed by atoms with E-state index in [1.54, 1.807) is 0 Å². The van der Waals surface area contributed by atoms with E-state index in [2.05, 4.69) is 0 Å². The van der Waals surface area contributed by atoms with Crippen LogP contribution in [0.15, 0.2) is 23.5 Å². The number of carbonyl (C=O) groups is 1. The molecule has 1 aliphatic carbocycles. The molecule has 1 aliphatic rings. The third-order valence-electron chi connectivity index (χ3n) is 1.35. The Morgan fingerprint density at radius 3 is 2.90 bits per heavy atom. The molecule has 0 spiro atoms. The lowest BCUT2D eigenvalue weighted by Gasteiger charge is -2.09. The van der Waals surface area contributed by atoms with Gasteiger partial charge in [0.1, 0.15) is 5.76 Å². The minimum absolute atomic E-state index is 0.131. The van der Waals surface area contributed by atoms with Crippen molar-refractivity contribution in [2.75, 3.05) is 0 Å². The van der Waals surface area contributed by atoms with Gasteiger partial charge in [-0.3, -0.25) is 4.79 Å². The molecule has 0 radical (unpaired) electrons. The zero-order chi connectivity index (χ0) is 7.56. The SMILES string of the molecule is O=CC1=CCC(O)C=C1O. The van der Waals surface area contributed by atoms with Crippen molar-refractivity contribution in [3.8, 4) is 0 Å². The van der Waals surface area contributed by atoms with Crippen molar-refractivity contribution in [3.05, 3.63) is 23.5 Å². The largest absolute Gasteiger partial charge is 0.507 e. The zero-order valence-electron chi connectivity index (χ0n) is 5.32. The number of aldehydes is 1. The van der Waals surface area contributed by atoms with Crippen LogP contribution in [0.4, 0.5) is 0 Å². The van der Waals surface area contributed by atoms with Gasteiger partial charge in [0.05, 0.1) is 11.7 Å². The normalized spacial score (nSPS) is 25.1. The van der Waals surface area contributed by atoms with E-state index in [0.717, 1.165) is 0 Å². The fraction of sp³-hybridized carbons (Fsp3) is 0.286. The van der Waals surface area contributed by atoms with E-state index in [1.807, 2.05) is 0 Å². The van der Waals surface area contributed by atoms with Crippen molar-refractivity contribution >= 4 is 6.29 Å². The van der Waals surface area contributed by atoms with E-state index in [0.29, 0.717) is 12.7 Å². The average Bonchev–Trinajstić information content (AvgIpc) is 1.88. The number of rotatable bonds is 1. The number of hydrogen-bond donors (Lipinski definition) is 2. The van der Waals surface area contributed by atoms with Crippen LogP contribution in [0, 0.1) is 0 Å². The lowest BCUT2D eigenvalue weighted by atomic mass is 10.0. The number of carbonyl (C=O) groups excluding carboxylic acids is 1. The molecule has 0 aromatic heterocycles. The molecular weight excluding hydrogens is 132 g/mol. The number of hydrogen-bond acceptors (Lipinski definition) is 3. The fourth-order valence-corrected chi connectivity index (χ4v) is 0.807. The Labute approximate surface area is 58.3 Å². The third kappa shape index (κ3) is 1.25. The Morgan fingerprint density at radius 2 is 2.40 bits per heavy atom. The molecule has 0 saturated carbocycles. The maximum Gasteiger partial charge on any atom is 0.153 e. The predicted octanol–water partition coefficient (Wildman–Crippen LogP) is 0.318. The summed E-state index contributed by atoms with van der Waals surface area (Å²) in [4.78, 5) is 10.1. The van der Waals surface area contributed by atoms with Gasteiger partial charge in [-0.15, -0.1) is 0 Å². The molecule has 1 unspecified atom stereocenters. The van der Waals surface area contributed by atoms with Crippen molar-refractivity contribution in [1.29, 1.82) is 0 Å². The van der Waals surface area contributed by atoms with E-state index in [4.69, 9.17) is 10.2 Å². The molecule has 0 saturated heterocycles. The van der Waals surface area contributed by atoms with Gasteiger partial charge in [0.2, 0.25) is 0 Å². The van der Waals surface area contributed by atoms with Crippen LogP contribution in [0.2, 0.25) is 0 Å². The lowest BCUT2D eigenvalue weighted by Crippen LogP contribution is -2.08. The Morgan fingerprint density at radius 1 is 1.70 bits per heavy atom. The molecule has 0 amide bonds.